The second-order valence-electron chi connectivity index (χ2n) is 4.97. The van der Waals surface area contributed by atoms with Crippen molar-refractivity contribution in [1.82, 2.24) is 0 Å². The van der Waals surface area contributed by atoms with Crippen molar-refractivity contribution >= 4 is 12.6 Å². The number of aryl methyl sites for hydroxylation is 1. The number of benzene rings is 2. The van der Waals surface area contributed by atoms with E-state index >= 15 is 0 Å². The standard InChI is InChI=1S/C15H15BO2/c1-9-7-14-12-6-4-3-5-11(12)8-13(14)10(2)15(9)16(17)18/h3-7,17-18H,8H2,1-2H3. The fraction of sp³-hybridized carbons (Fsp3) is 0.200. The molecule has 3 heteroatoms. The average Bonchev–Trinajstić information content (AvgIpc) is 2.68. The van der Waals surface area contributed by atoms with Gasteiger partial charge in [0.25, 0.3) is 0 Å². The van der Waals surface area contributed by atoms with Gasteiger partial charge in [0.1, 0.15) is 0 Å². The van der Waals surface area contributed by atoms with E-state index in [4.69, 9.17) is 0 Å². The van der Waals surface area contributed by atoms with Crippen LogP contribution in [0.2, 0.25) is 0 Å². The van der Waals surface area contributed by atoms with Gasteiger partial charge in [0.05, 0.1) is 0 Å². The molecule has 0 saturated carbocycles. The van der Waals surface area contributed by atoms with Gasteiger partial charge in [-0.25, -0.2) is 0 Å². The van der Waals surface area contributed by atoms with E-state index in [0.717, 1.165) is 17.5 Å². The Morgan fingerprint density at radius 1 is 1.06 bits per heavy atom. The number of hydrogen-bond acceptors (Lipinski definition) is 2. The highest BCUT2D eigenvalue weighted by Gasteiger charge is 2.26. The van der Waals surface area contributed by atoms with Crippen LogP contribution in [0.5, 0.6) is 0 Å². The highest BCUT2D eigenvalue weighted by Crippen LogP contribution is 2.38. The number of rotatable bonds is 1. The Labute approximate surface area is 107 Å². The predicted molar refractivity (Wildman–Crippen MR) is 74.0 cm³/mol. The zero-order valence-electron chi connectivity index (χ0n) is 10.6. The molecule has 0 aliphatic heterocycles. The van der Waals surface area contributed by atoms with Gasteiger partial charge in [-0.15, -0.1) is 0 Å². The van der Waals surface area contributed by atoms with E-state index < -0.39 is 7.12 Å². The SMILES string of the molecule is Cc1cc2c(c(C)c1B(O)O)Cc1ccccc1-2. The number of fused-ring (bicyclic) bond motifs is 3. The third-order valence-corrected chi connectivity index (χ3v) is 3.90. The molecule has 0 spiro atoms. The van der Waals surface area contributed by atoms with E-state index in [2.05, 4.69) is 24.3 Å². The first-order valence-electron chi connectivity index (χ1n) is 6.17. The Balaban J connectivity index is 2.28. The maximum Gasteiger partial charge on any atom is 0.488 e. The van der Waals surface area contributed by atoms with Crippen LogP contribution in [0, 0.1) is 13.8 Å². The van der Waals surface area contributed by atoms with Gasteiger partial charge in [-0.1, -0.05) is 35.9 Å². The van der Waals surface area contributed by atoms with E-state index in [9.17, 15) is 10.0 Å². The lowest BCUT2D eigenvalue weighted by atomic mass is 9.72. The Morgan fingerprint density at radius 2 is 1.78 bits per heavy atom. The summed E-state index contributed by atoms with van der Waals surface area (Å²) >= 11 is 0. The fourth-order valence-electron chi connectivity index (χ4n) is 3.03. The molecule has 2 N–H and O–H groups in total. The van der Waals surface area contributed by atoms with E-state index in [0.29, 0.717) is 5.46 Å². The summed E-state index contributed by atoms with van der Waals surface area (Å²) in [7, 11) is -1.39. The monoisotopic (exact) mass is 238 g/mol. The van der Waals surface area contributed by atoms with Crippen LogP contribution >= 0.6 is 0 Å². The minimum atomic E-state index is -1.39. The first kappa shape index (κ1) is 11.5. The summed E-state index contributed by atoms with van der Waals surface area (Å²) in [5.41, 5.74) is 7.67. The van der Waals surface area contributed by atoms with Crippen LogP contribution in [0.1, 0.15) is 22.3 Å². The maximum atomic E-state index is 9.49. The van der Waals surface area contributed by atoms with Crippen molar-refractivity contribution in [2.45, 2.75) is 20.3 Å². The summed E-state index contributed by atoms with van der Waals surface area (Å²) < 4.78 is 0. The highest BCUT2D eigenvalue weighted by atomic mass is 16.4. The molecule has 90 valence electrons. The normalized spacial score (nSPS) is 12.2. The zero-order valence-corrected chi connectivity index (χ0v) is 10.6. The van der Waals surface area contributed by atoms with Crippen molar-refractivity contribution in [2.24, 2.45) is 0 Å². The second kappa shape index (κ2) is 3.97. The second-order valence-corrected chi connectivity index (χ2v) is 4.97. The van der Waals surface area contributed by atoms with Crippen molar-refractivity contribution in [2.75, 3.05) is 0 Å². The molecular formula is C15H15BO2. The Morgan fingerprint density at radius 3 is 2.50 bits per heavy atom. The largest absolute Gasteiger partial charge is 0.488 e. The first-order chi connectivity index (χ1) is 8.59. The third-order valence-electron chi connectivity index (χ3n) is 3.90. The summed E-state index contributed by atoms with van der Waals surface area (Å²) in [5, 5.41) is 19.0. The molecule has 2 nitrogen and oxygen atoms in total. The van der Waals surface area contributed by atoms with Crippen LogP contribution < -0.4 is 5.46 Å². The molecule has 0 amide bonds. The van der Waals surface area contributed by atoms with Crippen molar-refractivity contribution in [3.8, 4) is 11.1 Å². The molecule has 0 bridgehead atoms. The average molecular weight is 238 g/mol. The lowest BCUT2D eigenvalue weighted by Crippen LogP contribution is -2.35. The smallest absolute Gasteiger partial charge is 0.423 e. The molecule has 0 unspecified atom stereocenters. The van der Waals surface area contributed by atoms with Crippen LogP contribution in [0.15, 0.2) is 30.3 Å². The molecular weight excluding hydrogens is 223 g/mol. The number of hydrogen-bond donors (Lipinski definition) is 2. The van der Waals surface area contributed by atoms with E-state index in [1.54, 1.807) is 0 Å². The molecule has 0 fully saturated rings. The van der Waals surface area contributed by atoms with Gasteiger partial charge in [0.15, 0.2) is 0 Å². The van der Waals surface area contributed by atoms with Gasteiger partial charge < -0.3 is 10.0 Å². The Hall–Kier alpha value is -1.58. The molecule has 0 aromatic heterocycles. The fourth-order valence-corrected chi connectivity index (χ4v) is 3.03. The van der Waals surface area contributed by atoms with Gasteiger partial charge in [0.2, 0.25) is 0 Å². The maximum absolute atomic E-state index is 9.49. The molecule has 0 saturated heterocycles. The van der Waals surface area contributed by atoms with Crippen LogP contribution in [0.4, 0.5) is 0 Å². The molecule has 18 heavy (non-hydrogen) atoms. The summed E-state index contributed by atoms with van der Waals surface area (Å²) in [5.74, 6) is 0. The zero-order chi connectivity index (χ0) is 12.9. The van der Waals surface area contributed by atoms with Crippen molar-refractivity contribution in [3.05, 3.63) is 52.6 Å². The van der Waals surface area contributed by atoms with Crippen LogP contribution in [-0.2, 0) is 6.42 Å². The lowest BCUT2D eigenvalue weighted by Gasteiger charge is -2.14. The van der Waals surface area contributed by atoms with Crippen molar-refractivity contribution in [1.29, 1.82) is 0 Å². The van der Waals surface area contributed by atoms with E-state index in [1.807, 2.05) is 19.9 Å². The van der Waals surface area contributed by atoms with Crippen LogP contribution in [0.3, 0.4) is 0 Å². The topological polar surface area (TPSA) is 40.5 Å². The van der Waals surface area contributed by atoms with Crippen molar-refractivity contribution in [3.63, 3.8) is 0 Å². The summed E-state index contributed by atoms with van der Waals surface area (Å²) in [6.45, 7) is 3.91. The predicted octanol–water partition coefficient (Wildman–Crippen LogP) is 1.55. The van der Waals surface area contributed by atoms with E-state index in [1.165, 1.54) is 22.3 Å². The minimum Gasteiger partial charge on any atom is -0.423 e. The third kappa shape index (κ3) is 1.52. The van der Waals surface area contributed by atoms with Gasteiger partial charge in [0, 0.05) is 0 Å². The van der Waals surface area contributed by atoms with Gasteiger partial charge >= 0.3 is 7.12 Å². The van der Waals surface area contributed by atoms with Crippen LogP contribution in [0.25, 0.3) is 11.1 Å². The van der Waals surface area contributed by atoms with Crippen molar-refractivity contribution < 1.29 is 10.0 Å². The lowest BCUT2D eigenvalue weighted by molar-refractivity contribution is 0.425. The molecule has 1 aliphatic carbocycles. The van der Waals surface area contributed by atoms with Gasteiger partial charge in [-0.3, -0.25) is 0 Å². The molecule has 2 aromatic carbocycles. The molecule has 3 rings (SSSR count). The molecule has 0 radical (unpaired) electrons. The van der Waals surface area contributed by atoms with Gasteiger partial charge in [-0.2, -0.15) is 0 Å². The Kier molecular flexibility index (Phi) is 2.54. The molecule has 0 atom stereocenters. The van der Waals surface area contributed by atoms with Gasteiger partial charge in [-0.05, 0) is 53.5 Å². The summed E-state index contributed by atoms with van der Waals surface area (Å²) in [6, 6.07) is 10.4. The summed E-state index contributed by atoms with van der Waals surface area (Å²) in [4.78, 5) is 0. The summed E-state index contributed by atoms with van der Waals surface area (Å²) in [6.07, 6.45) is 0.886. The molecule has 1 aliphatic rings. The first-order valence-corrected chi connectivity index (χ1v) is 6.17. The van der Waals surface area contributed by atoms with E-state index in [-0.39, 0.29) is 0 Å². The quantitative estimate of drug-likeness (QED) is 0.631. The molecule has 2 aromatic rings. The Bertz CT molecular complexity index is 633. The van der Waals surface area contributed by atoms with Crippen LogP contribution in [-0.4, -0.2) is 17.2 Å². The highest BCUT2D eigenvalue weighted by molar-refractivity contribution is 6.59. The minimum absolute atomic E-state index is 0.654. The molecule has 0 heterocycles.